The number of hydroxylamine groups is 2. The highest BCUT2D eigenvalue weighted by molar-refractivity contribution is 5.86. The molecule has 0 amide bonds. The molecule has 96 valence electrons. The molecule has 0 aliphatic carbocycles. The Balaban J connectivity index is 2.36. The van der Waals surface area contributed by atoms with Crippen molar-refractivity contribution < 1.29 is 34.5 Å². The average Bonchev–Trinajstić information content (AvgIpc) is 2.49. The average molecular weight is 255 g/mol. The molecule has 0 bridgehead atoms. The first kappa shape index (κ1) is 12.1. The first-order valence-corrected chi connectivity index (χ1v) is 4.87. The summed E-state index contributed by atoms with van der Waals surface area (Å²) in [5, 5.41) is 28.6. The van der Waals surface area contributed by atoms with E-state index in [1.165, 1.54) is 18.4 Å². The van der Waals surface area contributed by atoms with Crippen LogP contribution in [0, 0.1) is 0 Å². The monoisotopic (exact) mass is 255 g/mol. The Bertz CT molecular complexity index is 479. The van der Waals surface area contributed by atoms with E-state index in [1.807, 2.05) is 0 Å². The molecular formula is C10H9NO7. The van der Waals surface area contributed by atoms with Crippen LogP contribution >= 0.6 is 0 Å². The second-order valence-electron chi connectivity index (χ2n) is 3.46. The summed E-state index contributed by atoms with van der Waals surface area (Å²) >= 11 is 0. The van der Waals surface area contributed by atoms with E-state index in [-0.39, 0.29) is 11.6 Å². The van der Waals surface area contributed by atoms with Gasteiger partial charge in [-0.15, -0.1) is 5.06 Å². The number of aliphatic hydroxyl groups excluding tert-OH is 3. The van der Waals surface area contributed by atoms with E-state index in [0.29, 0.717) is 0 Å². The van der Waals surface area contributed by atoms with Gasteiger partial charge in [0.25, 0.3) is 0 Å². The molecule has 0 aromatic rings. The van der Waals surface area contributed by atoms with Crippen LogP contribution in [0.4, 0.5) is 0 Å². The third-order valence-corrected chi connectivity index (χ3v) is 2.15. The van der Waals surface area contributed by atoms with Crippen LogP contribution in [0.5, 0.6) is 0 Å². The van der Waals surface area contributed by atoms with Crippen molar-refractivity contribution in [2.24, 2.45) is 0 Å². The summed E-state index contributed by atoms with van der Waals surface area (Å²) in [5.74, 6) is -3.03. The lowest BCUT2D eigenvalue weighted by atomic mass is 10.2. The van der Waals surface area contributed by atoms with Crippen LogP contribution in [0.15, 0.2) is 36.1 Å². The third kappa shape index (κ3) is 2.19. The van der Waals surface area contributed by atoms with Gasteiger partial charge in [-0.25, -0.2) is 9.59 Å². The van der Waals surface area contributed by atoms with Crippen LogP contribution < -0.4 is 0 Å². The molecule has 0 saturated carbocycles. The molecule has 0 radical (unpaired) electrons. The molecule has 2 atom stereocenters. The summed E-state index contributed by atoms with van der Waals surface area (Å²) in [6.07, 6.45) is 0.674. The van der Waals surface area contributed by atoms with E-state index in [0.717, 1.165) is 11.1 Å². The van der Waals surface area contributed by atoms with Crippen molar-refractivity contribution in [3.05, 3.63) is 36.1 Å². The number of esters is 1. The van der Waals surface area contributed by atoms with Gasteiger partial charge >= 0.3 is 11.9 Å². The number of carbonyl (C=O) groups is 2. The Kier molecular flexibility index (Phi) is 3.04. The van der Waals surface area contributed by atoms with Crippen LogP contribution in [0.1, 0.15) is 0 Å². The highest BCUT2D eigenvalue weighted by Gasteiger charge is 2.38. The van der Waals surface area contributed by atoms with E-state index < -0.39 is 24.1 Å². The van der Waals surface area contributed by atoms with Gasteiger partial charge in [0, 0.05) is 12.3 Å². The van der Waals surface area contributed by atoms with Gasteiger partial charge in [-0.2, -0.15) is 0 Å². The van der Waals surface area contributed by atoms with Gasteiger partial charge in [-0.1, -0.05) is 0 Å². The zero-order valence-electron chi connectivity index (χ0n) is 8.89. The van der Waals surface area contributed by atoms with Crippen LogP contribution in [-0.2, 0) is 19.2 Å². The zero-order valence-corrected chi connectivity index (χ0v) is 8.89. The minimum Gasteiger partial charge on any atom is -0.508 e. The second kappa shape index (κ2) is 4.51. The van der Waals surface area contributed by atoms with Gasteiger partial charge in [0.2, 0.25) is 5.88 Å². The maximum absolute atomic E-state index is 11.4. The van der Waals surface area contributed by atoms with E-state index >= 15 is 0 Å². The molecule has 0 aromatic carbocycles. The molecular weight excluding hydrogens is 246 g/mol. The standard InChI is InChI=1S/C10H9NO7/c12-5-2-1-3-11-6(4-5)17-9(15)7(13)8(14)10(16)18-11/h1-4,7-8,12-14H. The second-order valence-corrected chi connectivity index (χ2v) is 3.46. The Labute approximate surface area is 101 Å². The van der Waals surface area contributed by atoms with E-state index in [9.17, 15) is 24.9 Å². The number of nitrogens with zero attached hydrogens (tertiary/aromatic N) is 1. The van der Waals surface area contributed by atoms with Crippen molar-refractivity contribution in [1.82, 2.24) is 5.06 Å². The maximum atomic E-state index is 11.4. The highest BCUT2D eigenvalue weighted by atomic mass is 16.7. The molecule has 18 heavy (non-hydrogen) atoms. The van der Waals surface area contributed by atoms with Crippen molar-refractivity contribution in [1.29, 1.82) is 0 Å². The molecule has 2 aliphatic heterocycles. The SMILES string of the molecule is O=C1OC2=CC(O)=CC=CN2OC(=O)C(O)C1O. The van der Waals surface area contributed by atoms with Gasteiger partial charge in [0.1, 0.15) is 5.76 Å². The minimum absolute atomic E-state index is 0.247. The predicted molar refractivity (Wildman–Crippen MR) is 54.0 cm³/mol. The third-order valence-electron chi connectivity index (χ3n) is 2.15. The molecule has 8 nitrogen and oxygen atoms in total. The summed E-state index contributed by atoms with van der Waals surface area (Å²) < 4.78 is 4.69. The van der Waals surface area contributed by atoms with Crippen molar-refractivity contribution in [2.45, 2.75) is 12.2 Å². The van der Waals surface area contributed by atoms with E-state index in [4.69, 9.17) is 0 Å². The molecule has 1 fully saturated rings. The predicted octanol–water partition coefficient (Wildman–Crippen LogP) is -1.16. The summed E-state index contributed by atoms with van der Waals surface area (Å²) in [4.78, 5) is 27.4. The van der Waals surface area contributed by atoms with Crippen molar-refractivity contribution in [3.8, 4) is 0 Å². The first-order valence-electron chi connectivity index (χ1n) is 4.87. The molecule has 0 aromatic heterocycles. The number of ether oxygens (including phenoxy) is 1. The summed E-state index contributed by atoms with van der Waals surface area (Å²) in [5.41, 5.74) is 0. The van der Waals surface area contributed by atoms with E-state index in [1.54, 1.807) is 0 Å². The van der Waals surface area contributed by atoms with Crippen molar-refractivity contribution in [2.75, 3.05) is 0 Å². The number of allylic oxidation sites excluding steroid dienone is 3. The number of aliphatic hydroxyl groups is 3. The lowest BCUT2D eigenvalue weighted by Gasteiger charge is -2.26. The zero-order chi connectivity index (χ0) is 13.3. The molecule has 2 unspecified atom stereocenters. The fourth-order valence-electron chi connectivity index (χ4n) is 1.25. The molecule has 2 aliphatic rings. The number of rotatable bonds is 0. The summed E-state index contributed by atoms with van der Waals surface area (Å²) in [6.45, 7) is 0. The van der Waals surface area contributed by atoms with Gasteiger partial charge in [0.15, 0.2) is 12.2 Å². The molecule has 3 N–H and O–H groups in total. The fourth-order valence-corrected chi connectivity index (χ4v) is 1.25. The molecule has 2 heterocycles. The van der Waals surface area contributed by atoms with Crippen LogP contribution in [-0.4, -0.2) is 44.5 Å². The number of hydrogen-bond acceptors (Lipinski definition) is 8. The van der Waals surface area contributed by atoms with Gasteiger partial charge in [0.05, 0.1) is 0 Å². The Morgan fingerprint density at radius 1 is 1.17 bits per heavy atom. The molecule has 0 spiro atoms. The Morgan fingerprint density at radius 3 is 2.56 bits per heavy atom. The van der Waals surface area contributed by atoms with Gasteiger partial charge < -0.3 is 24.9 Å². The first-order chi connectivity index (χ1) is 8.49. The smallest absolute Gasteiger partial charge is 0.364 e. The molecule has 1 saturated heterocycles. The van der Waals surface area contributed by atoms with Gasteiger partial charge in [-0.3, -0.25) is 0 Å². The highest BCUT2D eigenvalue weighted by Crippen LogP contribution is 2.19. The summed E-state index contributed by atoms with van der Waals surface area (Å²) in [6, 6.07) is 0. The normalized spacial score (nSPS) is 28.0. The Hall–Kier alpha value is -2.32. The van der Waals surface area contributed by atoms with Crippen molar-refractivity contribution in [3.63, 3.8) is 0 Å². The quantitative estimate of drug-likeness (QED) is 0.464. The minimum atomic E-state index is -2.06. The van der Waals surface area contributed by atoms with Crippen LogP contribution in [0.3, 0.4) is 0 Å². The van der Waals surface area contributed by atoms with Crippen LogP contribution in [0.25, 0.3) is 0 Å². The van der Waals surface area contributed by atoms with Gasteiger partial charge in [-0.05, 0) is 12.2 Å². The largest absolute Gasteiger partial charge is 0.508 e. The molecule has 2 rings (SSSR count). The number of carbonyl (C=O) groups excluding carboxylic acids is 2. The fraction of sp³-hybridized carbons (Fsp3) is 0.200. The number of fused-ring (bicyclic) bond motifs is 1. The number of hydrogen-bond donors (Lipinski definition) is 3. The lowest BCUT2D eigenvalue weighted by molar-refractivity contribution is -0.209. The molecule has 8 heteroatoms. The summed E-state index contributed by atoms with van der Waals surface area (Å²) in [7, 11) is 0. The lowest BCUT2D eigenvalue weighted by Crippen LogP contribution is -2.46. The van der Waals surface area contributed by atoms with Crippen molar-refractivity contribution >= 4 is 11.9 Å². The van der Waals surface area contributed by atoms with E-state index in [2.05, 4.69) is 9.57 Å². The Morgan fingerprint density at radius 2 is 1.83 bits per heavy atom. The van der Waals surface area contributed by atoms with Crippen LogP contribution in [0.2, 0.25) is 0 Å². The maximum Gasteiger partial charge on any atom is 0.364 e. The topological polar surface area (TPSA) is 117 Å².